The minimum Gasteiger partial charge on any atom is -0.454 e. The maximum Gasteiger partial charge on any atom is 0.242 e. The van der Waals surface area contributed by atoms with Gasteiger partial charge in [-0.1, -0.05) is 18.2 Å². The van der Waals surface area contributed by atoms with Gasteiger partial charge in [-0.3, -0.25) is 4.79 Å². The molecule has 1 amide bonds. The Labute approximate surface area is 149 Å². The molecule has 0 aromatic heterocycles. The fourth-order valence-electron chi connectivity index (χ4n) is 2.80. The van der Waals surface area contributed by atoms with E-state index < -0.39 is 12.2 Å². The molecule has 1 fully saturated rings. The fourth-order valence-corrected chi connectivity index (χ4v) is 2.80. The molecule has 0 bridgehead atoms. The topological polar surface area (TPSA) is 95.7 Å². The summed E-state index contributed by atoms with van der Waals surface area (Å²) in [5, 5.41) is 5.81. The first-order valence-electron chi connectivity index (χ1n) is 8.14. The summed E-state index contributed by atoms with van der Waals surface area (Å²) in [5.41, 5.74) is 9.57. The van der Waals surface area contributed by atoms with Gasteiger partial charge in [0.05, 0.1) is 5.69 Å². The average molecular weight is 359 g/mol. The largest absolute Gasteiger partial charge is 0.454 e. The molecular weight excluding hydrogens is 341 g/mol. The van der Waals surface area contributed by atoms with Gasteiger partial charge in [0.1, 0.15) is 18.0 Å². The monoisotopic (exact) mass is 359 g/mol. The standard InChI is InChI=1S/C17H18FN5O3/c18-11-3-1-2-4-12(11)20-16-15(21-23-22-16)17(24)19-8-10-5-6-13-14(7-10)26-9-25-13/h1-7,15-16,20-23H,8-9H2,(H,19,24). The van der Waals surface area contributed by atoms with Crippen LogP contribution in [0.25, 0.3) is 0 Å². The molecule has 4 rings (SSSR count). The van der Waals surface area contributed by atoms with E-state index in [4.69, 9.17) is 9.47 Å². The van der Waals surface area contributed by atoms with Crippen molar-refractivity contribution in [3.05, 3.63) is 53.8 Å². The fraction of sp³-hybridized carbons (Fsp3) is 0.235. The molecule has 1 saturated heterocycles. The van der Waals surface area contributed by atoms with E-state index in [9.17, 15) is 9.18 Å². The number of fused-ring (bicyclic) bond motifs is 1. The molecule has 2 aliphatic heterocycles. The van der Waals surface area contributed by atoms with E-state index in [1.807, 2.05) is 18.2 Å². The molecule has 9 heteroatoms. The highest BCUT2D eigenvalue weighted by Gasteiger charge is 2.33. The van der Waals surface area contributed by atoms with Crippen molar-refractivity contribution >= 4 is 11.6 Å². The predicted octanol–water partition coefficient (Wildman–Crippen LogP) is 0.590. The first kappa shape index (κ1) is 16.6. The van der Waals surface area contributed by atoms with Crippen molar-refractivity contribution in [3.8, 4) is 11.5 Å². The van der Waals surface area contributed by atoms with Gasteiger partial charge in [-0.05, 0) is 29.8 Å². The third-order valence-corrected chi connectivity index (χ3v) is 4.16. The molecule has 2 unspecified atom stereocenters. The Morgan fingerprint density at radius 2 is 2.00 bits per heavy atom. The quantitative estimate of drug-likeness (QED) is 0.533. The Morgan fingerprint density at radius 1 is 1.15 bits per heavy atom. The molecule has 0 radical (unpaired) electrons. The van der Waals surface area contributed by atoms with E-state index >= 15 is 0 Å². The summed E-state index contributed by atoms with van der Waals surface area (Å²) >= 11 is 0. The van der Waals surface area contributed by atoms with Crippen LogP contribution < -0.4 is 36.5 Å². The van der Waals surface area contributed by atoms with Gasteiger partial charge >= 0.3 is 0 Å². The van der Waals surface area contributed by atoms with Gasteiger partial charge in [-0.2, -0.15) is 5.53 Å². The molecule has 26 heavy (non-hydrogen) atoms. The van der Waals surface area contributed by atoms with Gasteiger partial charge in [0, 0.05) is 6.54 Å². The van der Waals surface area contributed by atoms with Crippen LogP contribution in [0.5, 0.6) is 11.5 Å². The number of benzene rings is 2. The van der Waals surface area contributed by atoms with Crippen molar-refractivity contribution in [2.45, 2.75) is 18.8 Å². The first-order valence-corrected chi connectivity index (χ1v) is 8.14. The van der Waals surface area contributed by atoms with E-state index in [0.717, 1.165) is 5.56 Å². The molecule has 0 saturated carbocycles. The minimum atomic E-state index is -0.636. The van der Waals surface area contributed by atoms with Crippen LogP contribution in [0.1, 0.15) is 5.56 Å². The van der Waals surface area contributed by atoms with Crippen LogP contribution in [0.3, 0.4) is 0 Å². The zero-order valence-electron chi connectivity index (χ0n) is 13.7. The molecule has 0 aliphatic carbocycles. The summed E-state index contributed by atoms with van der Waals surface area (Å²) in [7, 11) is 0. The number of para-hydroxylation sites is 1. The number of amides is 1. The molecule has 8 nitrogen and oxygen atoms in total. The van der Waals surface area contributed by atoms with Crippen molar-refractivity contribution in [2.24, 2.45) is 0 Å². The number of hydrazine groups is 2. The highest BCUT2D eigenvalue weighted by molar-refractivity contribution is 5.83. The zero-order valence-corrected chi connectivity index (χ0v) is 13.7. The number of nitrogens with one attached hydrogen (secondary N) is 5. The molecular formula is C17H18FN5O3. The molecule has 2 aromatic carbocycles. The highest BCUT2D eigenvalue weighted by Crippen LogP contribution is 2.32. The van der Waals surface area contributed by atoms with Gasteiger partial charge < -0.3 is 20.1 Å². The van der Waals surface area contributed by atoms with Crippen LogP contribution in [0, 0.1) is 5.82 Å². The molecule has 136 valence electrons. The van der Waals surface area contributed by atoms with Crippen molar-refractivity contribution in [1.29, 1.82) is 0 Å². The number of anilines is 1. The number of carbonyl (C=O) groups is 1. The van der Waals surface area contributed by atoms with Crippen molar-refractivity contribution in [2.75, 3.05) is 12.1 Å². The predicted molar refractivity (Wildman–Crippen MR) is 91.4 cm³/mol. The van der Waals surface area contributed by atoms with E-state index in [2.05, 4.69) is 27.0 Å². The third kappa shape index (κ3) is 3.40. The number of halogens is 1. The number of rotatable bonds is 5. The second kappa shape index (κ2) is 7.16. The number of hydrogen-bond donors (Lipinski definition) is 5. The first-order chi connectivity index (χ1) is 12.7. The summed E-state index contributed by atoms with van der Waals surface area (Å²) in [6, 6.07) is 11.2. The minimum absolute atomic E-state index is 0.206. The highest BCUT2D eigenvalue weighted by atomic mass is 19.1. The van der Waals surface area contributed by atoms with Crippen molar-refractivity contribution in [1.82, 2.24) is 21.7 Å². The van der Waals surface area contributed by atoms with E-state index in [1.54, 1.807) is 18.2 Å². The Balaban J connectivity index is 1.37. The second-order valence-electron chi connectivity index (χ2n) is 5.90. The zero-order chi connectivity index (χ0) is 17.9. The molecule has 2 atom stereocenters. The van der Waals surface area contributed by atoms with E-state index in [-0.39, 0.29) is 18.5 Å². The molecule has 0 spiro atoms. The Morgan fingerprint density at radius 3 is 2.88 bits per heavy atom. The Kier molecular flexibility index (Phi) is 4.57. The van der Waals surface area contributed by atoms with Crippen LogP contribution in [0.15, 0.2) is 42.5 Å². The number of ether oxygens (including phenoxy) is 2. The molecule has 2 aromatic rings. The Bertz CT molecular complexity index is 819. The maximum atomic E-state index is 13.8. The van der Waals surface area contributed by atoms with Gasteiger partial charge in [-0.15, -0.1) is 0 Å². The normalized spacial score (nSPS) is 20.8. The van der Waals surface area contributed by atoms with Crippen molar-refractivity contribution < 1.29 is 18.7 Å². The van der Waals surface area contributed by atoms with E-state index in [1.165, 1.54) is 6.07 Å². The van der Waals surface area contributed by atoms with Crippen LogP contribution in [-0.2, 0) is 11.3 Å². The molecule has 2 aliphatic rings. The van der Waals surface area contributed by atoms with Crippen LogP contribution >= 0.6 is 0 Å². The average Bonchev–Trinajstić information content (AvgIpc) is 3.30. The third-order valence-electron chi connectivity index (χ3n) is 4.16. The van der Waals surface area contributed by atoms with Crippen molar-refractivity contribution in [3.63, 3.8) is 0 Å². The van der Waals surface area contributed by atoms with Crippen LogP contribution in [0.2, 0.25) is 0 Å². The van der Waals surface area contributed by atoms with Gasteiger partial charge in [-0.25, -0.2) is 15.2 Å². The Hall–Kier alpha value is -2.88. The lowest BCUT2D eigenvalue weighted by atomic mass is 10.1. The maximum absolute atomic E-state index is 13.8. The SMILES string of the molecule is O=C(NCc1ccc2c(c1)OCO2)C1NNNC1Nc1ccccc1F. The number of carbonyl (C=O) groups excluding carboxylic acids is 1. The lowest BCUT2D eigenvalue weighted by Crippen LogP contribution is -2.50. The lowest BCUT2D eigenvalue weighted by Gasteiger charge is -2.20. The molecule has 2 heterocycles. The summed E-state index contributed by atoms with van der Waals surface area (Å²) in [6.07, 6.45) is -0.524. The lowest BCUT2D eigenvalue weighted by molar-refractivity contribution is -0.123. The second-order valence-corrected chi connectivity index (χ2v) is 5.90. The number of hydrogen-bond acceptors (Lipinski definition) is 7. The van der Waals surface area contributed by atoms with Gasteiger partial charge in [0.25, 0.3) is 0 Å². The van der Waals surface area contributed by atoms with Gasteiger partial charge in [0.15, 0.2) is 11.5 Å². The van der Waals surface area contributed by atoms with E-state index in [0.29, 0.717) is 23.7 Å². The summed E-state index contributed by atoms with van der Waals surface area (Å²) in [4.78, 5) is 12.5. The summed E-state index contributed by atoms with van der Waals surface area (Å²) in [5.74, 6) is 0.730. The van der Waals surface area contributed by atoms with Crippen LogP contribution in [-0.4, -0.2) is 24.9 Å². The summed E-state index contributed by atoms with van der Waals surface area (Å²) in [6.45, 7) is 0.540. The molecule has 5 N–H and O–H groups in total. The van der Waals surface area contributed by atoms with Gasteiger partial charge in [0.2, 0.25) is 12.7 Å². The summed E-state index contributed by atoms with van der Waals surface area (Å²) < 4.78 is 24.4. The van der Waals surface area contributed by atoms with Crippen LogP contribution in [0.4, 0.5) is 10.1 Å². The smallest absolute Gasteiger partial charge is 0.242 e.